The molecule has 104 valence electrons. The third kappa shape index (κ3) is 3.49. The number of benzene rings is 1. The second-order valence-corrected chi connectivity index (χ2v) is 6.54. The third-order valence-corrected chi connectivity index (χ3v) is 4.12. The Labute approximate surface area is 143 Å². The number of nitrogens with zero attached hydrogens (tertiary/aromatic N) is 2. The van der Waals surface area contributed by atoms with Gasteiger partial charge in [-0.25, -0.2) is 4.98 Å². The number of nitro benzene ring substituents is 1. The van der Waals surface area contributed by atoms with E-state index in [0.717, 1.165) is 0 Å². The number of nitro groups is 1. The van der Waals surface area contributed by atoms with Gasteiger partial charge in [-0.2, -0.15) is 0 Å². The number of aromatic nitrogens is 1. The maximum Gasteiger partial charge on any atom is 0.271 e. The molecular weight excluding hydrogens is 483 g/mol. The van der Waals surface area contributed by atoms with Crippen molar-refractivity contribution in [2.45, 2.75) is 0 Å². The molecule has 5 nitrogen and oxygen atoms in total. The highest BCUT2D eigenvalue weighted by atomic mass is 79.9. The fourth-order valence-corrected chi connectivity index (χ4v) is 3.37. The van der Waals surface area contributed by atoms with Gasteiger partial charge in [0.25, 0.3) is 5.69 Å². The largest absolute Gasteiger partial charge is 0.435 e. The first-order valence-electron chi connectivity index (χ1n) is 5.01. The van der Waals surface area contributed by atoms with Crippen LogP contribution in [0.1, 0.15) is 0 Å². The lowest BCUT2D eigenvalue weighted by atomic mass is 10.3. The van der Waals surface area contributed by atoms with Crippen LogP contribution in [0.3, 0.4) is 0 Å². The molecule has 0 saturated carbocycles. The molecule has 0 spiro atoms. The van der Waals surface area contributed by atoms with E-state index < -0.39 is 4.92 Å². The van der Waals surface area contributed by atoms with Gasteiger partial charge in [0.15, 0.2) is 5.75 Å². The molecule has 0 atom stereocenters. The number of rotatable bonds is 3. The van der Waals surface area contributed by atoms with Crippen molar-refractivity contribution in [1.82, 2.24) is 4.98 Å². The van der Waals surface area contributed by atoms with Crippen LogP contribution in [0.2, 0.25) is 5.02 Å². The SMILES string of the molecule is O=[N+]([O-])c1cc(Br)c(Oc2ncc(Cl)cc2Br)c(Br)c1. The zero-order valence-electron chi connectivity index (χ0n) is 9.44. The van der Waals surface area contributed by atoms with E-state index >= 15 is 0 Å². The first-order valence-corrected chi connectivity index (χ1v) is 7.76. The Bertz CT molecular complexity index is 674. The van der Waals surface area contributed by atoms with Gasteiger partial charge in [0.05, 0.1) is 23.4 Å². The van der Waals surface area contributed by atoms with Crippen LogP contribution < -0.4 is 4.74 Å². The van der Waals surface area contributed by atoms with E-state index in [4.69, 9.17) is 16.3 Å². The van der Waals surface area contributed by atoms with Crippen LogP contribution in [-0.2, 0) is 0 Å². The average Bonchev–Trinajstić information content (AvgIpc) is 2.35. The van der Waals surface area contributed by atoms with Gasteiger partial charge in [0.1, 0.15) is 0 Å². The molecule has 1 aromatic carbocycles. The summed E-state index contributed by atoms with van der Waals surface area (Å²) >= 11 is 15.5. The summed E-state index contributed by atoms with van der Waals surface area (Å²) in [6.07, 6.45) is 1.44. The predicted octanol–water partition coefficient (Wildman–Crippen LogP) is 5.72. The highest BCUT2D eigenvalue weighted by molar-refractivity contribution is 9.11. The normalized spacial score (nSPS) is 10.4. The van der Waals surface area contributed by atoms with Gasteiger partial charge in [-0.15, -0.1) is 0 Å². The fraction of sp³-hybridized carbons (Fsp3) is 0. The Kier molecular flexibility index (Phi) is 5.00. The summed E-state index contributed by atoms with van der Waals surface area (Å²) < 4.78 is 7.06. The maximum atomic E-state index is 10.8. The lowest BCUT2D eigenvalue weighted by Gasteiger charge is -2.10. The topological polar surface area (TPSA) is 65.3 Å². The molecule has 1 heterocycles. The average molecular weight is 487 g/mol. The first kappa shape index (κ1) is 15.7. The minimum absolute atomic E-state index is 0.0563. The van der Waals surface area contributed by atoms with Crippen molar-refractivity contribution in [3.63, 3.8) is 0 Å². The number of non-ortho nitro benzene ring substituents is 1. The molecule has 0 aliphatic rings. The Morgan fingerprint density at radius 3 is 2.25 bits per heavy atom. The predicted molar refractivity (Wildman–Crippen MR) is 85.5 cm³/mol. The molecule has 2 aromatic rings. The fourth-order valence-electron chi connectivity index (χ4n) is 1.32. The molecule has 0 bridgehead atoms. The van der Waals surface area contributed by atoms with Gasteiger partial charge < -0.3 is 4.74 Å². The molecular formula is C11H4Br3ClN2O3. The van der Waals surface area contributed by atoms with Gasteiger partial charge in [0.2, 0.25) is 5.88 Å². The molecule has 0 amide bonds. The van der Waals surface area contributed by atoms with Crippen LogP contribution in [0, 0.1) is 10.1 Å². The summed E-state index contributed by atoms with van der Waals surface area (Å²) in [5.74, 6) is 0.677. The van der Waals surface area contributed by atoms with E-state index in [2.05, 4.69) is 52.8 Å². The number of halogens is 4. The Morgan fingerprint density at radius 2 is 1.75 bits per heavy atom. The van der Waals surface area contributed by atoms with Gasteiger partial charge in [-0.1, -0.05) is 11.6 Å². The smallest absolute Gasteiger partial charge is 0.271 e. The zero-order chi connectivity index (χ0) is 14.9. The third-order valence-electron chi connectivity index (χ3n) is 2.17. The molecule has 0 radical (unpaired) electrons. The standard InChI is InChI=1S/C11H4Br3ClN2O3/c12-7-2-6(17(18)19)3-8(13)10(7)20-11-9(14)1-5(15)4-16-11/h1-4H. The van der Waals surface area contributed by atoms with Crippen LogP contribution in [0.5, 0.6) is 11.6 Å². The van der Waals surface area contributed by atoms with Gasteiger partial charge in [-0.05, 0) is 53.9 Å². The van der Waals surface area contributed by atoms with E-state index in [9.17, 15) is 10.1 Å². The number of hydrogen-bond acceptors (Lipinski definition) is 4. The summed E-state index contributed by atoms with van der Waals surface area (Å²) in [6.45, 7) is 0. The summed E-state index contributed by atoms with van der Waals surface area (Å²) in [6, 6.07) is 4.34. The van der Waals surface area contributed by atoms with E-state index in [0.29, 0.717) is 30.1 Å². The molecule has 0 fully saturated rings. The second-order valence-electron chi connectivity index (χ2n) is 3.54. The summed E-state index contributed by atoms with van der Waals surface area (Å²) in [4.78, 5) is 14.3. The van der Waals surface area contributed by atoms with Gasteiger partial charge in [0, 0.05) is 18.3 Å². The molecule has 9 heteroatoms. The molecule has 0 N–H and O–H groups in total. The van der Waals surface area contributed by atoms with Crippen LogP contribution >= 0.6 is 59.4 Å². The van der Waals surface area contributed by atoms with Crippen molar-refractivity contribution in [1.29, 1.82) is 0 Å². The van der Waals surface area contributed by atoms with Gasteiger partial charge >= 0.3 is 0 Å². The van der Waals surface area contributed by atoms with Crippen molar-refractivity contribution in [2.75, 3.05) is 0 Å². The highest BCUT2D eigenvalue weighted by Crippen LogP contribution is 2.41. The Morgan fingerprint density at radius 1 is 1.15 bits per heavy atom. The van der Waals surface area contributed by atoms with E-state index in [1.54, 1.807) is 6.07 Å². The summed E-state index contributed by atoms with van der Waals surface area (Å²) in [5.41, 5.74) is -0.0563. The lowest BCUT2D eigenvalue weighted by Crippen LogP contribution is -1.94. The lowest BCUT2D eigenvalue weighted by molar-refractivity contribution is -0.385. The van der Waals surface area contributed by atoms with E-state index in [1.807, 2.05) is 0 Å². The van der Waals surface area contributed by atoms with Crippen molar-refractivity contribution in [2.24, 2.45) is 0 Å². The maximum absolute atomic E-state index is 10.8. The first-order chi connectivity index (χ1) is 9.38. The van der Waals surface area contributed by atoms with Gasteiger partial charge in [-0.3, -0.25) is 10.1 Å². The number of pyridine rings is 1. The summed E-state index contributed by atoms with van der Waals surface area (Å²) in [7, 11) is 0. The summed E-state index contributed by atoms with van der Waals surface area (Å²) in [5, 5.41) is 11.2. The number of ether oxygens (including phenoxy) is 1. The quantitative estimate of drug-likeness (QED) is 0.410. The monoisotopic (exact) mass is 484 g/mol. The molecule has 1 aromatic heterocycles. The van der Waals surface area contributed by atoms with Crippen LogP contribution in [0.15, 0.2) is 37.8 Å². The van der Waals surface area contributed by atoms with Crippen LogP contribution in [-0.4, -0.2) is 9.91 Å². The molecule has 20 heavy (non-hydrogen) atoms. The van der Waals surface area contributed by atoms with E-state index in [-0.39, 0.29) is 5.69 Å². The second kappa shape index (κ2) is 6.38. The van der Waals surface area contributed by atoms with E-state index in [1.165, 1.54) is 18.3 Å². The zero-order valence-corrected chi connectivity index (χ0v) is 15.0. The number of hydrogen-bond donors (Lipinski definition) is 0. The van der Waals surface area contributed by atoms with Crippen LogP contribution in [0.4, 0.5) is 5.69 Å². The Hall–Kier alpha value is -0.700. The molecule has 0 aliphatic heterocycles. The molecule has 0 saturated heterocycles. The Balaban J connectivity index is 2.41. The van der Waals surface area contributed by atoms with Crippen molar-refractivity contribution >= 4 is 65.1 Å². The highest BCUT2D eigenvalue weighted by Gasteiger charge is 2.17. The minimum Gasteiger partial charge on any atom is -0.435 e. The minimum atomic E-state index is -0.490. The van der Waals surface area contributed by atoms with Crippen molar-refractivity contribution in [3.8, 4) is 11.6 Å². The van der Waals surface area contributed by atoms with Crippen molar-refractivity contribution in [3.05, 3.63) is 53.0 Å². The molecule has 0 aliphatic carbocycles. The van der Waals surface area contributed by atoms with Crippen molar-refractivity contribution < 1.29 is 9.66 Å². The van der Waals surface area contributed by atoms with Crippen LogP contribution in [0.25, 0.3) is 0 Å². The molecule has 2 rings (SSSR count). The molecule has 0 unspecified atom stereocenters.